The number of halogens is 3. The second-order valence-corrected chi connectivity index (χ2v) is 7.49. The van der Waals surface area contributed by atoms with Crippen LogP contribution >= 0.6 is 11.8 Å². The molecule has 1 aliphatic carbocycles. The first-order chi connectivity index (χ1) is 12.2. The highest BCUT2D eigenvalue weighted by molar-refractivity contribution is 7.99. The maximum absolute atomic E-state index is 12.5. The fourth-order valence-corrected chi connectivity index (χ4v) is 3.93. The minimum Gasteiger partial charge on any atom is -0.298 e. The van der Waals surface area contributed by atoms with Crippen molar-refractivity contribution in [2.24, 2.45) is 11.8 Å². The van der Waals surface area contributed by atoms with Gasteiger partial charge in [0.1, 0.15) is 5.92 Å². The lowest BCUT2D eigenvalue weighted by atomic mass is 9.76. The monoisotopic (exact) mass is 387 g/mol. The minimum absolute atomic E-state index is 0.123. The number of Topliss-reactive ketones (excluding diaryl/α,β-unsaturated/α-hetero) is 3. The summed E-state index contributed by atoms with van der Waals surface area (Å²) in [5.41, 5.74) is -0.798. The largest absolute Gasteiger partial charge is 0.417 e. The van der Waals surface area contributed by atoms with Crippen molar-refractivity contribution in [3.05, 3.63) is 23.9 Å². The zero-order valence-electron chi connectivity index (χ0n) is 14.3. The fraction of sp³-hybridized carbons (Fsp3) is 0.556. The lowest BCUT2D eigenvalue weighted by Gasteiger charge is -2.25. The number of carbonyl (C=O) groups is 3. The molecule has 1 saturated carbocycles. The summed E-state index contributed by atoms with van der Waals surface area (Å²) in [5.74, 6) is -1.57. The standard InChI is InChI=1S/C18H20F3NO3S/c1-2-3-13(23)17-14(24)8-11(9-15(17)25)6-7-26-16-5-4-12(10-22-16)18(19,20)21/h4-5,10-11,17H,2-3,6-9H2,1H3. The second-order valence-electron chi connectivity index (χ2n) is 6.38. The molecule has 0 atom stereocenters. The van der Waals surface area contributed by atoms with Crippen LogP contribution < -0.4 is 0 Å². The quantitative estimate of drug-likeness (QED) is 0.520. The second kappa shape index (κ2) is 8.79. The lowest BCUT2D eigenvalue weighted by Crippen LogP contribution is -2.38. The molecule has 1 aromatic rings. The third-order valence-electron chi connectivity index (χ3n) is 4.28. The predicted octanol–water partition coefficient (Wildman–Crippen LogP) is 4.12. The normalized spacial score (nSPS) is 21.1. The van der Waals surface area contributed by atoms with Crippen LogP contribution in [0.5, 0.6) is 0 Å². The highest BCUT2D eigenvalue weighted by Crippen LogP contribution is 2.31. The molecule has 0 spiro atoms. The number of aromatic nitrogens is 1. The Labute approximate surface area is 153 Å². The first-order valence-corrected chi connectivity index (χ1v) is 9.45. The molecule has 142 valence electrons. The first-order valence-electron chi connectivity index (χ1n) is 8.46. The third kappa shape index (κ3) is 5.40. The molecular weight excluding hydrogens is 367 g/mol. The van der Waals surface area contributed by atoms with Gasteiger partial charge >= 0.3 is 6.18 Å². The third-order valence-corrected chi connectivity index (χ3v) is 5.26. The van der Waals surface area contributed by atoms with Crippen LogP contribution in [0.2, 0.25) is 0 Å². The Kier molecular flexibility index (Phi) is 6.97. The Morgan fingerprint density at radius 3 is 2.38 bits per heavy atom. The SMILES string of the molecule is CCCC(=O)C1C(=O)CC(CCSc2ccc(C(F)(F)F)cn2)CC1=O. The van der Waals surface area contributed by atoms with Gasteiger partial charge in [-0.3, -0.25) is 14.4 Å². The molecule has 1 aromatic heterocycles. The highest BCUT2D eigenvalue weighted by atomic mass is 32.2. The van der Waals surface area contributed by atoms with Crippen LogP contribution in [0.3, 0.4) is 0 Å². The Morgan fingerprint density at radius 2 is 1.88 bits per heavy atom. The molecule has 0 amide bonds. The number of rotatable bonds is 7. The molecule has 0 aromatic carbocycles. The number of thioether (sulfide) groups is 1. The van der Waals surface area contributed by atoms with Crippen molar-refractivity contribution in [1.29, 1.82) is 0 Å². The van der Waals surface area contributed by atoms with E-state index < -0.39 is 17.7 Å². The van der Waals surface area contributed by atoms with E-state index in [2.05, 4.69) is 4.98 Å². The van der Waals surface area contributed by atoms with Gasteiger partial charge < -0.3 is 0 Å². The van der Waals surface area contributed by atoms with Gasteiger partial charge in [-0.05, 0) is 36.6 Å². The van der Waals surface area contributed by atoms with E-state index in [0.29, 0.717) is 23.6 Å². The van der Waals surface area contributed by atoms with Crippen molar-refractivity contribution in [1.82, 2.24) is 4.98 Å². The van der Waals surface area contributed by atoms with E-state index in [1.54, 1.807) is 0 Å². The fourth-order valence-electron chi connectivity index (χ4n) is 2.97. The van der Waals surface area contributed by atoms with Crippen molar-refractivity contribution in [3.8, 4) is 0 Å². The molecule has 4 nitrogen and oxygen atoms in total. The van der Waals surface area contributed by atoms with Crippen LogP contribution in [0, 0.1) is 11.8 Å². The van der Waals surface area contributed by atoms with Gasteiger partial charge in [-0.15, -0.1) is 11.8 Å². The smallest absolute Gasteiger partial charge is 0.298 e. The van der Waals surface area contributed by atoms with Crippen molar-refractivity contribution in [3.63, 3.8) is 0 Å². The summed E-state index contributed by atoms with van der Waals surface area (Å²) in [7, 11) is 0. The summed E-state index contributed by atoms with van der Waals surface area (Å²) in [6.07, 6.45) is -1.80. The topological polar surface area (TPSA) is 64.1 Å². The molecule has 0 saturated heterocycles. The van der Waals surface area contributed by atoms with E-state index >= 15 is 0 Å². The Balaban J connectivity index is 1.83. The van der Waals surface area contributed by atoms with Crippen LogP contribution in [0.4, 0.5) is 13.2 Å². The highest BCUT2D eigenvalue weighted by Gasteiger charge is 2.39. The summed E-state index contributed by atoms with van der Waals surface area (Å²) in [6, 6.07) is 2.29. The van der Waals surface area contributed by atoms with Gasteiger partial charge in [0.15, 0.2) is 17.3 Å². The number of pyridine rings is 1. The number of carbonyl (C=O) groups excluding carboxylic acids is 3. The van der Waals surface area contributed by atoms with Gasteiger partial charge in [0.05, 0.1) is 10.6 Å². The van der Waals surface area contributed by atoms with Gasteiger partial charge in [-0.2, -0.15) is 13.2 Å². The van der Waals surface area contributed by atoms with Gasteiger partial charge in [0.2, 0.25) is 0 Å². The summed E-state index contributed by atoms with van der Waals surface area (Å²) < 4.78 is 37.5. The number of hydrogen-bond donors (Lipinski definition) is 0. The predicted molar refractivity (Wildman–Crippen MR) is 90.7 cm³/mol. The molecule has 8 heteroatoms. The minimum atomic E-state index is -4.41. The summed E-state index contributed by atoms with van der Waals surface area (Å²) in [6.45, 7) is 1.82. The lowest BCUT2D eigenvalue weighted by molar-refractivity contribution is -0.143. The summed E-state index contributed by atoms with van der Waals surface area (Å²) >= 11 is 1.28. The van der Waals surface area contributed by atoms with Crippen LogP contribution in [0.1, 0.15) is 44.6 Å². The summed E-state index contributed by atoms with van der Waals surface area (Å²) in [5, 5.41) is 0.461. The number of nitrogens with zero attached hydrogens (tertiary/aromatic N) is 1. The number of ketones is 3. The molecule has 0 bridgehead atoms. The molecule has 0 N–H and O–H groups in total. The van der Waals surface area contributed by atoms with Crippen molar-refractivity contribution < 1.29 is 27.6 Å². The summed E-state index contributed by atoms with van der Waals surface area (Å²) in [4.78, 5) is 39.9. The van der Waals surface area contributed by atoms with Gasteiger partial charge in [0.25, 0.3) is 0 Å². The van der Waals surface area contributed by atoms with Crippen LogP contribution in [-0.4, -0.2) is 28.1 Å². The van der Waals surface area contributed by atoms with E-state index in [0.717, 1.165) is 12.3 Å². The van der Waals surface area contributed by atoms with Crippen molar-refractivity contribution >= 4 is 29.1 Å². The Bertz CT molecular complexity index is 655. The molecule has 26 heavy (non-hydrogen) atoms. The molecule has 0 radical (unpaired) electrons. The average molecular weight is 387 g/mol. The van der Waals surface area contributed by atoms with Crippen LogP contribution in [-0.2, 0) is 20.6 Å². The zero-order valence-corrected chi connectivity index (χ0v) is 15.2. The van der Waals surface area contributed by atoms with E-state index in [1.165, 1.54) is 17.8 Å². The molecular formula is C18H20F3NO3S. The Hall–Kier alpha value is -1.70. The number of alkyl halides is 3. The van der Waals surface area contributed by atoms with E-state index in [1.807, 2.05) is 6.92 Å². The van der Waals surface area contributed by atoms with E-state index in [4.69, 9.17) is 0 Å². The number of hydrogen-bond acceptors (Lipinski definition) is 5. The zero-order chi connectivity index (χ0) is 19.3. The van der Waals surface area contributed by atoms with Crippen molar-refractivity contribution in [2.75, 3.05) is 5.75 Å². The van der Waals surface area contributed by atoms with Crippen LogP contribution in [0.15, 0.2) is 23.4 Å². The average Bonchev–Trinajstić information content (AvgIpc) is 2.54. The van der Waals surface area contributed by atoms with Crippen molar-refractivity contribution in [2.45, 2.75) is 50.2 Å². The molecule has 1 heterocycles. The maximum Gasteiger partial charge on any atom is 0.417 e. The van der Waals surface area contributed by atoms with E-state index in [-0.39, 0.29) is 42.5 Å². The maximum atomic E-state index is 12.5. The van der Waals surface area contributed by atoms with Gasteiger partial charge in [0, 0.05) is 25.5 Å². The molecule has 1 aliphatic rings. The molecule has 1 fully saturated rings. The van der Waals surface area contributed by atoms with Gasteiger partial charge in [-0.25, -0.2) is 4.98 Å². The first kappa shape index (κ1) is 20.6. The van der Waals surface area contributed by atoms with Gasteiger partial charge in [-0.1, -0.05) is 6.92 Å². The Morgan fingerprint density at radius 1 is 1.23 bits per heavy atom. The van der Waals surface area contributed by atoms with E-state index in [9.17, 15) is 27.6 Å². The molecule has 0 aliphatic heterocycles. The molecule has 2 rings (SSSR count). The molecule has 0 unspecified atom stereocenters. The van der Waals surface area contributed by atoms with Crippen LogP contribution in [0.25, 0.3) is 0 Å².